The molecule has 0 bridgehead atoms. The molecular weight excluding hydrogens is 242 g/mol. The van der Waals surface area contributed by atoms with Crippen LogP contribution >= 0.6 is 0 Å². The van der Waals surface area contributed by atoms with Gasteiger partial charge < -0.3 is 4.90 Å². The molecule has 19 heavy (non-hydrogen) atoms. The number of rotatable bonds is 3. The smallest absolute Gasteiger partial charge is 0.311 e. The van der Waals surface area contributed by atoms with Crippen molar-refractivity contribution in [1.29, 1.82) is 0 Å². The summed E-state index contributed by atoms with van der Waals surface area (Å²) in [6.07, 6.45) is 2.18. The van der Waals surface area contributed by atoms with E-state index in [4.69, 9.17) is 0 Å². The SMILES string of the molecule is Cc1ccc([N+](=O)[O-])c(N2CCC(C(C)C)CC2)n1. The molecule has 0 atom stereocenters. The van der Waals surface area contributed by atoms with Gasteiger partial charge in [-0.2, -0.15) is 0 Å². The Hall–Kier alpha value is -1.65. The lowest BCUT2D eigenvalue weighted by Crippen LogP contribution is -2.36. The zero-order chi connectivity index (χ0) is 14.0. The van der Waals surface area contributed by atoms with Crippen LogP contribution in [0.5, 0.6) is 0 Å². The minimum absolute atomic E-state index is 0.119. The fourth-order valence-electron chi connectivity index (χ4n) is 2.69. The van der Waals surface area contributed by atoms with Crippen LogP contribution in [0.25, 0.3) is 0 Å². The summed E-state index contributed by atoms with van der Waals surface area (Å²) in [5.74, 6) is 1.94. The second-order valence-corrected chi connectivity index (χ2v) is 5.62. The van der Waals surface area contributed by atoms with Gasteiger partial charge in [0.15, 0.2) is 0 Å². The first-order valence-electron chi connectivity index (χ1n) is 6.86. The van der Waals surface area contributed by atoms with Gasteiger partial charge in [0.2, 0.25) is 5.82 Å². The molecule has 1 saturated heterocycles. The van der Waals surface area contributed by atoms with Crippen molar-refractivity contribution < 1.29 is 4.92 Å². The molecule has 0 aromatic carbocycles. The summed E-state index contributed by atoms with van der Waals surface area (Å²) >= 11 is 0. The summed E-state index contributed by atoms with van der Waals surface area (Å²) in [5.41, 5.74) is 0.945. The van der Waals surface area contributed by atoms with Crippen molar-refractivity contribution in [2.45, 2.75) is 33.6 Å². The van der Waals surface area contributed by atoms with Crippen molar-refractivity contribution in [3.05, 3.63) is 27.9 Å². The van der Waals surface area contributed by atoms with Gasteiger partial charge in [-0.1, -0.05) is 13.8 Å². The van der Waals surface area contributed by atoms with E-state index in [0.717, 1.165) is 37.5 Å². The molecule has 0 spiro atoms. The molecule has 0 amide bonds. The van der Waals surface area contributed by atoms with Crippen LogP contribution < -0.4 is 4.90 Å². The number of hydrogen-bond acceptors (Lipinski definition) is 4. The largest absolute Gasteiger partial charge is 0.351 e. The Bertz CT molecular complexity index is 466. The van der Waals surface area contributed by atoms with Gasteiger partial charge in [0, 0.05) is 24.8 Å². The van der Waals surface area contributed by atoms with Crippen molar-refractivity contribution >= 4 is 11.5 Å². The number of aromatic nitrogens is 1. The van der Waals surface area contributed by atoms with Crippen LogP contribution in [-0.2, 0) is 0 Å². The van der Waals surface area contributed by atoms with Gasteiger partial charge in [0.05, 0.1) is 4.92 Å². The van der Waals surface area contributed by atoms with Crippen molar-refractivity contribution in [1.82, 2.24) is 4.98 Å². The van der Waals surface area contributed by atoms with Gasteiger partial charge in [0.1, 0.15) is 0 Å². The van der Waals surface area contributed by atoms with E-state index in [9.17, 15) is 10.1 Å². The number of hydrogen-bond donors (Lipinski definition) is 0. The standard InChI is InChI=1S/C14H21N3O2/c1-10(2)12-6-8-16(9-7-12)14-13(17(18)19)5-4-11(3)15-14/h4-5,10,12H,6-9H2,1-3H3. The Kier molecular flexibility index (Phi) is 4.02. The summed E-state index contributed by atoms with van der Waals surface area (Å²) in [7, 11) is 0. The van der Waals surface area contributed by atoms with E-state index in [0.29, 0.717) is 11.7 Å². The first kappa shape index (κ1) is 13.8. The van der Waals surface area contributed by atoms with Crippen LogP contribution in [0.15, 0.2) is 12.1 Å². The molecular formula is C14H21N3O2. The Morgan fingerprint density at radius 2 is 2.00 bits per heavy atom. The van der Waals surface area contributed by atoms with Crippen molar-refractivity contribution in [3.8, 4) is 0 Å². The quantitative estimate of drug-likeness (QED) is 0.620. The zero-order valence-corrected chi connectivity index (χ0v) is 11.8. The Labute approximate surface area is 113 Å². The molecule has 2 rings (SSSR count). The minimum atomic E-state index is -0.337. The number of piperidine rings is 1. The monoisotopic (exact) mass is 263 g/mol. The molecule has 1 aromatic heterocycles. The molecule has 1 aromatic rings. The highest BCUT2D eigenvalue weighted by molar-refractivity contribution is 5.58. The van der Waals surface area contributed by atoms with Crippen molar-refractivity contribution in [2.75, 3.05) is 18.0 Å². The molecule has 2 heterocycles. The van der Waals surface area contributed by atoms with Gasteiger partial charge in [-0.3, -0.25) is 10.1 Å². The van der Waals surface area contributed by atoms with Crippen LogP contribution in [0.1, 0.15) is 32.4 Å². The third kappa shape index (κ3) is 3.03. The molecule has 1 fully saturated rings. The summed E-state index contributed by atoms with van der Waals surface area (Å²) in [4.78, 5) is 17.2. The fraction of sp³-hybridized carbons (Fsp3) is 0.643. The molecule has 1 aliphatic rings. The molecule has 104 valence electrons. The predicted octanol–water partition coefficient (Wildman–Crippen LogP) is 3.17. The highest BCUT2D eigenvalue weighted by atomic mass is 16.6. The van der Waals surface area contributed by atoms with Crippen molar-refractivity contribution in [3.63, 3.8) is 0 Å². The lowest BCUT2D eigenvalue weighted by Gasteiger charge is -2.34. The normalized spacial score (nSPS) is 16.9. The first-order chi connectivity index (χ1) is 8.99. The molecule has 0 aliphatic carbocycles. The van der Waals surface area contributed by atoms with Gasteiger partial charge >= 0.3 is 5.69 Å². The lowest BCUT2D eigenvalue weighted by molar-refractivity contribution is -0.384. The maximum atomic E-state index is 11.1. The average Bonchev–Trinajstić information content (AvgIpc) is 2.38. The third-order valence-corrected chi connectivity index (χ3v) is 3.97. The van der Waals surface area contributed by atoms with E-state index in [1.807, 2.05) is 6.92 Å². The van der Waals surface area contributed by atoms with E-state index < -0.39 is 0 Å². The lowest BCUT2D eigenvalue weighted by atomic mass is 9.87. The maximum Gasteiger partial charge on any atom is 0.311 e. The van der Waals surface area contributed by atoms with Gasteiger partial charge in [0.25, 0.3) is 0 Å². The third-order valence-electron chi connectivity index (χ3n) is 3.97. The number of aryl methyl sites for hydroxylation is 1. The average molecular weight is 263 g/mol. The van der Waals surface area contributed by atoms with Crippen LogP contribution in [0.4, 0.5) is 11.5 Å². The summed E-state index contributed by atoms with van der Waals surface area (Å²) in [6.45, 7) is 8.08. The minimum Gasteiger partial charge on any atom is -0.351 e. The van der Waals surface area contributed by atoms with Gasteiger partial charge in [-0.25, -0.2) is 4.98 Å². The number of pyridine rings is 1. The van der Waals surface area contributed by atoms with E-state index in [1.165, 1.54) is 0 Å². The molecule has 0 N–H and O–H groups in total. The molecule has 0 saturated carbocycles. The molecule has 1 aliphatic heterocycles. The molecule has 5 heteroatoms. The topological polar surface area (TPSA) is 59.3 Å². The van der Waals surface area contributed by atoms with Crippen LogP contribution in [-0.4, -0.2) is 23.0 Å². The number of nitro groups is 1. The second kappa shape index (κ2) is 5.55. The van der Waals surface area contributed by atoms with E-state index in [2.05, 4.69) is 23.7 Å². The van der Waals surface area contributed by atoms with Crippen LogP contribution in [0.3, 0.4) is 0 Å². The Balaban J connectivity index is 2.19. The molecule has 0 radical (unpaired) electrons. The van der Waals surface area contributed by atoms with Crippen LogP contribution in [0, 0.1) is 28.9 Å². The van der Waals surface area contributed by atoms with E-state index in [-0.39, 0.29) is 10.6 Å². The highest BCUT2D eigenvalue weighted by Crippen LogP contribution is 2.31. The maximum absolute atomic E-state index is 11.1. The predicted molar refractivity (Wildman–Crippen MR) is 75.4 cm³/mol. The first-order valence-corrected chi connectivity index (χ1v) is 6.86. The zero-order valence-electron chi connectivity index (χ0n) is 11.8. The summed E-state index contributed by atoms with van der Waals surface area (Å²) in [6, 6.07) is 3.26. The summed E-state index contributed by atoms with van der Waals surface area (Å²) < 4.78 is 0. The Morgan fingerprint density at radius 3 is 2.53 bits per heavy atom. The second-order valence-electron chi connectivity index (χ2n) is 5.62. The molecule has 5 nitrogen and oxygen atoms in total. The fourth-order valence-corrected chi connectivity index (χ4v) is 2.69. The van der Waals surface area contributed by atoms with Gasteiger partial charge in [-0.15, -0.1) is 0 Å². The highest BCUT2D eigenvalue weighted by Gasteiger charge is 2.27. The van der Waals surface area contributed by atoms with Gasteiger partial charge in [-0.05, 0) is 37.7 Å². The summed E-state index contributed by atoms with van der Waals surface area (Å²) in [5, 5.41) is 11.1. The molecule has 0 unspecified atom stereocenters. The number of anilines is 1. The van der Waals surface area contributed by atoms with E-state index >= 15 is 0 Å². The Morgan fingerprint density at radius 1 is 1.37 bits per heavy atom. The van der Waals surface area contributed by atoms with E-state index in [1.54, 1.807) is 12.1 Å². The van der Waals surface area contributed by atoms with Crippen molar-refractivity contribution in [2.24, 2.45) is 11.8 Å². The number of nitrogens with zero attached hydrogens (tertiary/aromatic N) is 3. The van der Waals surface area contributed by atoms with Crippen LogP contribution in [0.2, 0.25) is 0 Å².